The van der Waals surface area contributed by atoms with Crippen LogP contribution in [0.3, 0.4) is 0 Å². The van der Waals surface area contributed by atoms with Crippen LogP contribution >= 0.6 is 0 Å². The molecule has 3 atom stereocenters. The zero-order chi connectivity index (χ0) is 20.4. The van der Waals surface area contributed by atoms with Gasteiger partial charge in [-0.2, -0.15) is 0 Å². The summed E-state index contributed by atoms with van der Waals surface area (Å²) in [5.74, 6) is 1.78. The van der Waals surface area contributed by atoms with Gasteiger partial charge in [-0.3, -0.25) is 4.98 Å². The molecule has 1 aromatic heterocycles. The molecule has 2 heterocycles. The number of pyridine rings is 1. The van der Waals surface area contributed by atoms with Crippen molar-refractivity contribution < 1.29 is 14.6 Å². The number of aliphatic hydroxyl groups is 1. The second-order valence-electron chi connectivity index (χ2n) is 8.76. The van der Waals surface area contributed by atoms with Crippen molar-refractivity contribution in [3.05, 3.63) is 48.3 Å². The van der Waals surface area contributed by atoms with Gasteiger partial charge in [0.15, 0.2) is 11.5 Å². The van der Waals surface area contributed by atoms with Crippen LogP contribution in [0.5, 0.6) is 11.5 Å². The summed E-state index contributed by atoms with van der Waals surface area (Å²) in [6.45, 7) is 5.70. The summed E-state index contributed by atoms with van der Waals surface area (Å²) < 4.78 is 11.9. The molecular formula is C24H32N2O3. The van der Waals surface area contributed by atoms with E-state index in [4.69, 9.17) is 9.47 Å². The van der Waals surface area contributed by atoms with Crippen LogP contribution in [0.25, 0.3) is 0 Å². The summed E-state index contributed by atoms with van der Waals surface area (Å²) in [7, 11) is 1.69. The Balaban J connectivity index is 1.65. The Hall–Kier alpha value is -2.27. The number of aromatic nitrogens is 1. The molecule has 4 rings (SSSR count). The molecule has 29 heavy (non-hydrogen) atoms. The Labute approximate surface area is 173 Å². The molecule has 1 saturated carbocycles. The first-order valence-electron chi connectivity index (χ1n) is 10.7. The molecular weight excluding hydrogens is 364 g/mol. The molecule has 1 aromatic carbocycles. The van der Waals surface area contributed by atoms with E-state index < -0.39 is 6.10 Å². The van der Waals surface area contributed by atoms with Crippen molar-refractivity contribution in [3.63, 3.8) is 0 Å². The van der Waals surface area contributed by atoms with E-state index in [0.29, 0.717) is 0 Å². The monoisotopic (exact) mass is 396 g/mol. The van der Waals surface area contributed by atoms with Crippen LogP contribution < -0.4 is 14.4 Å². The van der Waals surface area contributed by atoms with E-state index in [-0.39, 0.29) is 17.4 Å². The number of hydrogen-bond donors (Lipinski definition) is 1. The van der Waals surface area contributed by atoms with Crippen LogP contribution in [0, 0.1) is 5.41 Å². The summed E-state index contributed by atoms with van der Waals surface area (Å²) in [6.07, 6.45) is 8.21. The third-order valence-electron chi connectivity index (χ3n) is 6.88. The highest BCUT2D eigenvalue weighted by Gasteiger charge is 2.47. The molecule has 2 aromatic rings. The molecule has 1 N–H and O–H groups in total. The summed E-state index contributed by atoms with van der Waals surface area (Å²) in [5.41, 5.74) is 2.01. The van der Waals surface area contributed by atoms with Crippen molar-refractivity contribution in [1.29, 1.82) is 0 Å². The lowest BCUT2D eigenvalue weighted by molar-refractivity contribution is 0.0558. The second-order valence-corrected chi connectivity index (χ2v) is 8.76. The molecule has 5 nitrogen and oxygen atoms in total. The minimum Gasteiger partial charge on any atom is -0.493 e. The highest BCUT2D eigenvalue weighted by molar-refractivity contribution is 5.50. The largest absolute Gasteiger partial charge is 0.493 e. The maximum absolute atomic E-state index is 10.7. The third-order valence-corrected chi connectivity index (χ3v) is 6.88. The van der Waals surface area contributed by atoms with Crippen molar-refractivity contribution >= 4 is 5.69 Å². The lowest BCUT2D eigenvalue weighted by Crippen LogP contribution is -2.37. The Morgan fingerprint density at radius 1 is 1.21 bits per heavy atom. The molecule has 0 amide bonds. The van der Waals surface area contributed by atoms with Crippen molar-refractivity contribution in [1.82, 2.24) is 4.98 Å². The van der Waals surface area contributed by atoms with Crippen LogP contribution in [0.1, 0.15) is 51.0 Å². The summed E-state index contributed by atoms with van der Waals surface area (Å²) in [6, 6.07) is 10.3. The van der Waals surface area contributed by atoms with Crippen LogP contribution in [-0.4, -0.2) is 42.5 Å². The number of hydrogen-bond acceptors (Lipinski definition) is 5. The Kier molecular flexibility index (Phi) is 5.68. The highest BCUT2D eigenvalue weighted by atomic mass is 16.5. The van der Waals surface area contributed by atoms with Gasteiger partial charge in [0.05, 0.1) is 31.2 Å². The number of rotatable bonds is 6. The molecule has 156 valence electrons. The van der Waals surface area contributed by atoms with Gasteiger partial charge in [-0.1, -0.05) is 13.0 Å². The van der Waals surface area contributed by atoms with Crippen LogP contribution in [-0.2, 0) is 0 Å². The minimum absolute atomic E-state index is 0.180. The zero-order valence-corrected chi connectivity index (χ0v) is 17.7. The first-order valence-corrected chi connectivity index (χ1v) is 10.7. The normalized spacial score (nSPS) is 25.9. The number of anilines is 1. The van der Waals surface area contributed by atoms with Gasteiger partial charge in [0, 0.05) is 30.6 Å². The van der Waals surface area contributed by atoms with E-state index in [0.717, 1.165) is 43.1 Å². The SMILES string of the molecule is COc1ccc(C2CN(c3cccnc3)CC2(C)C(C)O)cc1OC1CCCC1. The predicted molar refractivity (Wildman–Crippen MR) is 115 cm³/mol. The average molecular weight is 397 g/mol. The Morgan fingerprint density at radius 2 is 2.00 bits per heavy atom. The molecule has 1 aliphatic heterocycles. The number of methoxy groups -OCH3 is 1. The Bertz CT molecular complexity index is 820. The fourth-order valence-electron chi connectivity index (χ4n) is 4.85. The summed E-state index contributed by atoms with van der Waals surface area (Å²) in [5, 5.41) is 10.7. The van der Waals surface area contributed by atoms with Crippen molar-refractivity contribution in [2.45, 2.75) is 57.7 Å². The molecule has 0 radical (unpaired) electrons. The highest BCUT2D eigenvalue weighted by Crippen LogP contribution is 2.48. The molecule has 1 aliphatic carbocycles. The van der Waals surface area contributed by atoms with Gasteiger partial charge in [0.25, 0.3) is 0 Å². The molecule has 0 bridgehead atoms. The van der Waals surface area contributed by atoms with E-state index >= 15 is 0 Å². The van der Waals surface area contributed by atoms with E-state index in [9.17, 15) is 5.11 Å². The summed E-state index contributed by atoms with van der Waals surface area (Å²) >= 11 is 0. The number of nitrogens with zero attached hydrogens (tertiary/aromatic N) is 2. The van der Waals surface area contributed by atoms with Crippen molar-refractivity contribution in [3.8, 4) is 11.5 Å². The van der Waals surface area contributed by atoms with Gasteiger partial charge in [-0.05, 0) is 62.4 Å². The van der Waals surface area contributed by atoms with E-state index in [2.05, 4.69) is 35.0 Å². The predicted octanol–water partition coefficient (Wildman–Crippen LogP) is 4.40. The standard InChI is InChI=1S/C24H32N2O3/c1-17(27)24(2)16-26(19-7-6-12-25-14-19)15-21(24)18-10-11-22(28-3)23(13-18)29-20-8-4-5-9-20/h6-7,10-14,17,20-21,27H,4-5,8-9,15-16H2,1-3H3. The molecule has 3 unspecified atom stereocenters. The first kappa shape index (κ1) is 20.0. The van der Waals surface area contributed by atoms with E-state index in [1.54, 1.807) is 13.3 Å². The minimum atomic E-state index is -0.435. The van der Waals surface area contributed by atoms with E-state index in [1.807, 2.05) is 25.3 Å². The maximum atomic E-state index is 10.7. The molecule has 1 saturated heterocycles. The number of ether oxygens (including phenoxy) is 2. The lowest BCUT2D eigenvalue weighted by Gasteiger charge is -2.34. The topological polar surface area (TPSA) is 54.8 Å². The van der Waals surface area contributed by atoms with Gasteiger partial charge in [0.2, 0.25) is 0 Å². The van der Waals surface area contributed by atoms with Gasteiger partial charge in [-0.25, -0.2) is 0 Å². The van der Waals surface area contributed by atoms with Gasteiger partial charge in [0.1, 0.15) is 0 Å². The molecule has 2 aliphatic rings. The fraction of sp³-hybridized carbons (Fsp3) is 0.542. The van der Waals surface area contributed by atoms with Crippen molar-refractivity contribution in [2.75, 3.05) is 25.1 Å². The van der Waals surface area contributed by atoms with Crippen LogP contribution in [0.2, 0.25) is 0 Å². The first-order chi connectivity index (χ1) is 14.0. The van der Waals surface area contributed by atoms with Crippen LogP contribution in [0.4, 0.5) is 5.69 Å². The van der Waals surface area contributed by atoms with Crippen LogP contribution in [0.15, 0.2) is 42.7 Å². The van der Waals surface area contributed by atoms with Crippen molar-refractivity contribution in [2.24, 2.45) is 5.41 Å². The fourth-order valence-corrected chi connectivity index (χ4v) is 4.85. The van der Waals surface area contributed by atoms with Gasteiger partial charge < -0.3 is 19.5 Å². The van der Waals surface area contributed by atoms with Gasteiger partial charge in [-0.15, -0.1) is 0 Å². The smallest absolute Gasteiger partial charge is 0.161 e. The van der Waals surface area contributed by atoms with E-state index in [1.165, 1.54) is 18.4 Å². The maximum Gasteiger partial charge on any atom is 0.161 e. The third kappa shape index (κ3) is 3.93. The van der Waals surface area contributed by atoms with Gasteiger partial charge >= 0.3 is 0 Å². The molecule has 5 heteroatoms. The number of aliphatic hydroxyl groups excluding tert-OH is 1. The quantitative estimate of drug-likeness (QED) is 0.784. The average Bonchev–Trinajstić information content (AvgIpc) is 3.37. The number of benzene rings is 1. The molecule has 0 spiro atoms. The summed E-state index contributed by atoms with van der Waals surface area (Å²) in [4.78, 5) is 6.60. The molecule has 2 fully saturated rings. The second kappa shape index (κ2) is 8.23. The zero-order valence-electron chi connectivity index (χ0n) is 17.7. The Morgan fingerprint density at radius 3 is 2.66 bits per heavy atom. The lowest BCUT2D eigenvalue weighted by atomic mass is 9.72.